The molecule has 0 bridgehead atoms. The minimum Gasteiger partial charge on any atom is -0.389 e. The molecule has 0 aromatic carbocycles. The monoisotopic (exact) mass is 314 g/mol. The Bertz CT molecular complexity index is 723. The number of aliphatic hydroxyl groups is 1. The van der Waals surface area contributed by atoms with Gasteiger partial charge in [0.1, 0.15) is 6.61 Å². The van der Waals surface area contributed by atoms with Crippen molar-refractivity contribution < 1.29 is 9.90 Å². The molecule has 0 saturated heterocycles. The van der Waals surface area contributed by atoms with Gasteiger partial charge < -0.3 is 5.11 Å². The molecule has 2 heterocycles. The Balaban J connectivity index is 1.66. The van der Waals surface area contributed by atoms with Crippen LogP contribution in [0.2, 0.25) is 0 Å². The van der Waals surface area contributed by atoms with E-state index in [2.05, 4.69) is 16.0 Å². The zero-order valence-corrected chi connectivity index (χ0v) is 13.2. The summed E-state index contributed by atoms with van der Waals surface area (Å²) in [5.41, 5.74) is 2.33. The fraction of sp³-hybridized carbons (Fsp3) is 0.471. The Morgan fingerprint density at radius 3 is 2.82 bits per heavy atom. The van der Waals surface area contributed by atoms with Crippen molar-refractivity contribution in [1.29, 1.82) is 0 Å². The molecule has 5 heteroatoms. The van der Waals surface area contributed by atoms with Crippen LogP contribution in [0, 0.1) is 12.8 Å². The standard InChI is InChI=1S/C17H18N2O2S/c1-9-19-7-14(22-9)17-15(16(17)13(21)8-20)11-4-5-18-12(6-11)10-2-3-10/h4-7,10,15-17,20H,2-3,8H2,1H3/t15-,16-,17+/m0/s1. The van der Waals surface area contributed by atoms with Gasteiger partial charge in [-0.25, -0.2) is 4.98 Å². The SMILES string of the molecule is Cc1ncc([C@H]2[C@@H](C(=O)CO)[C@@H]2c2ccnc(C3CC3)c2)s1. The number of rotatable bonds is 5. The first-order valence-corrected chi connectivity index (χ1v) is 8.52. The van der Waals surface area contributed by atoms with E-state index in [0.717, 1.165) is 15.6 Å². The summed E-state index contributed by atoms with van der Waals surface area (Å²) in [6.45, 7) is 1.60. The number of thiazole rings is 1. The number of hydrogen-bond donors (Lipinski definition) is 1. The van der Waals surface area contributed by atoms with Crippen molar-refractivity contribution in [3.05, 3.63) is 45.7 Å². The first-order chi connectivity index (χ1) is 10.7. The molecule has 0 unspecified atom stereocenters. The van der Waals surface area contributed by atoms with Crippen molar-refractivity contribution in [3.63, 3.8) is 0 Å². The van der Waals surface area contributed by atoms with Gasteiger partial charge >= 0.3 is 0 Å². The van der Waals surface area contributed by atoms with E-state index in [9.17, 15) is 9.90 Å². The predicted molar refractivity (Wildman–Crippen MR) is 84.1 cm³/mol. The van der Waals surface area contributed by atoms with Crippen molar-refractivity contribution in [1.82, 2.24) is 9.97 Å². The lowest BCUT2D eigenvalue weighted by Crippen LogP contribution is -2.08. The van der Waals surface area contributed by atoms with Crippen LogP contribution >= 0.6 is 11.3 Å². The molecule has 2 aromatic heterocycles. The van der Waals surface area contributed by atoms with Crippen molar-refractivity contribution in [2.24, 2.45) is 5.92 Å². The van der Waals surface area contributed by atoms with Gasteiger partial charge in [0.15, 0.2) is 5.78 Å². The molecule has 2 aliphatic carbocycles. The summed E-state index contributed by atoms with van der Waals surface area (Å²) < 4.78 is 0. The Morgan fingerprint density at radius 2 is 2.18 bits per heavy atom. The van der Waals surface area contributed by atoms with Crippen LogP contribution in [0.4, 0.5) is 0 Å². The number of aliphatic hydroxyl groups excluding tert-OH is 1. The number of Topliss-reactive ketones (excluding diaryl/α,β-unsaturated/α-hetero) is 1. The first kappa shape index (κ1) is 14.0. The number of carbonyl (C=O) groups excluding carboxylic acids is 1. The van der Waals surface area contributed by atoms with Crippen molar-refractivity contribution in [3.8, 4) is 0 Å². The number of aryl methyl sites for hydroxylation is 1. The van der Waals surface area contributed by atoms with Gasteiger partial charge in [0.05, 0.1) is 5.01 Å². The third-order valence-corrected chi connectivity index (χ3v) is 5.71. The smallest absolute Gasteiger partial charge is 0.162 e. The second kappa shape index (κ2) is 5.25. The van der Waals surface area contributed by atoms with Crippen LogP contribution in [0.1, 0.15) is 51.7 Å². The van der Waals surface area contributed by atoms with Crippen LogP contribution in [0.3, 0.4) is 0 Å². The molecule has 3 atom stereocenters. The third kappa shape index (κ3) is 2.38. The lowest BCUT2D eigenvalue weighted by molar-refractivity contribution is -0.123. The summed E-state index contributed by atoms with van der Waals surface area (Å²) in [7, 11) is 0. The number of nitrogens with zero attached hydrogens (tertiary/aromatic N) is 2. The molecule has 1 N–H and O–H groups in total. The van der Waals surface area contributed by atoms with Crippen molar-refractivity contribution >= 4 is 17.1 Å². The summed E-state index contributed by atoms with van der Waals surface area (Å²) in [5, 5.41) is 10.3. The van der Waals surface area contributed by atoms with Gasteiger partial charge in [0.25, 0.3) is 0 Å². The van der Waals surface area contributed by atoms with Crippen molar-refractivity contribution in [2.75, 3.05) is 6.61 Å². The summed E-state index contributed by atoms with van der Waals surface area (Å²) in [6.07, 6.45) is 6.18. The first-order valence-electron chi connectivity index (χ1n) is 7.70. The van der Waals surface area contributed by atoms with E-state index in [4.69, 9.17) is 0 Å². The highest BCUT2D eigenvalue weighted by atomic mass is 32.1. The molecule has 22 heavy (non-hydrogen) atoms. The summed E-state index contributed by atoms with van der Waals surface area (Å²) in [5.74, 6) is 0.764. The molecule has 2 fully saturated rings. The molecule has 2 aliphatic rings. The van der Waals surface area contributed by atoms with Crippen LogP contribution in [0.25, 0.3) is 0 Å². The van der Waals surface area contributed by atoms with Gasteiger partial charge in [0, 0.05) is 46.6 Å². The highest BCUT2D eigenvalue weighted by Gasteiger charge is 2.56. The van der Waals surface area contributed by atoms with Crippen LogP contribution in [-0.2, 0) is 4.79 Å². The molecule has 2 saturated carbocycles. The number of aromatic nitrogens is 2. The van der Waals surface area contributed by atoms with E-state index in [1.165, 1.54) is 18.4 Å². The van der Waals surface area contributed by atoms with Gasteiger partial charge in [-0.1, -0.05) is 0 Å². The maximum absolute atomic E-state index is 12.1. The van der Waals surface area contributed by atoms with Crippen molar-refractivity contribution in [2.45, 2.75) is 37.5 Å². The number of hydrogen-bond acceptors (Lipinski definition) is 5. The zero-order valence-electron chi connectivity index (χ0n) is 12.4. The topological polar surface area (TPSA) is 63.1 Å². The Hall–Kier alpha value is -1.59. The van der Waals surface area contributed by atoms with E-state index >= 15 is 0 Å². The van der Waals surface area contributed by atoms with Gasteiger partial charge in [-0.3, -0.25) is 9.78 Å². The van der Waals surface area contributed by atoms with Gasteiger partial charge in [-0.15, -0.1) is 11.3 Å². The maximum atomic E-state index is 12.1. The highest BCUT2D eigenvalue weighted by molar-refractivity contribution is 7.11. The Morgan fingerprint density at radius 1 is 1.36 bits per heavy atom. The van der Waals surface area contributed by atoms with E-state index in [1.807, 2.05) is 25.4 Å². The lowest BCUT2D eigenvalue weighted by Gasteiger charge is -2.03. The van der Waals surface area contributed by atoms with Gasteiger partial charge in [-0.2, -0.15) is 0 Å². The maximum Gasteiger partial charge on any atom is 0.162 e. The Labute approximate surface area is 133 Å². The molecule has 4 nitrogen and oxygen atoms in total. The van der Waals surface area contributed by atoms with Gasteiger partial charge in [0.2, 0.25) is 0 Å². The molecule has 0 aliphatic heterocycles. The molecule has 2 aromatic rings. The largest absolute Gasteiger partial charge is 0.389 e. The fourth-order valence-corrected chi connectivity index (χ4v) is 4.37. The van der Waals surface area contributed by atoms with E-state index in [0.29, 0.717) is 5.92 Å². The molecular formula is C17H18N2O2S. The molecular weight excluding hydrogens is 296 g/mol. The highest BCUT2D eigenvalue weighted by Crippen LogP contribution is 2.62. The quantitative estimate of drug-likeness (QED) is 0.922. The summed E-state index contributed by atoms with van der Waals surface area (Å²) in [4.78, 5) is 22.0. The lowest BCUT2D eigenvalue weighted by atomic mass is 10.1. The average molecular weight is 314 g/mol. The number of carbonyl (C=O) groups is 1. The number of pyridine rings is 1. The van der Waals surface area contributed by atoms with E-state index in [1.54, 1.807) is 11.3 Å². The van der Waals surface area contributed by atoms with Crippen LogP contribution < -0.4 is 0 Å². The molecule has 4 rings (SSSR count). The van der Waals surface area contributed by atoms with E-state index < -0.39 is 0 Å². The molecule has 0 spiro atoms. The zero-order chi connectivity index (χ0) is 15.3. The van der Waals surface area contributed by atoms with Crippen LogP contribution in [0.5, 0.6) is 0 Å². The minimum atomic E-state index is -0.379. The van der Waals surface area contributed by atoms with Gasteiger partial charge in [-0.05, 0) is 37.5 Å². The fourth-order valence-electron chi connectivity index (χ4n) is 3.39. The molecule has 0 amide bonds. The van der Waals surface area contributed by atoms with Crippen LogP contribution in [-0.4, -0.2) is 27.5 Å². The third-order valence-electron chi connectivity index (χ3n) is 4.70. The van der Waals surface area contributed by atoms with Crippen LogP contribution in [0.15, 0.2) is 24.5 Å². The summed E-state index contributed by atoms with van der Waals surface area (Å²) >= 11 is 1.65. The minimum absolute atomic E-state index is 0.0640. The number of ketones is 1. The predicted octanol–water partition coefficient (Wildman–Crippen LogP) is 2.78. The summed E-state index contributed by atoms with van der Waals surface area (Å²) in [6, 6.07) is 4.18. The Kier molecular flexibility index (Phi) is 3.35. The molecule has 0 radical (unpaired) electrons. The van der Waals surface area contributed by atoms with E-state index in [-0.39, 0.29) is 30.1 Å². The second-order valence-electron chi connectivity index (χ2n) is 6.27. The average Bonchev–Trinajstić information content (AvgIpc) is 3.44. The normalized spacial score (nSPS) is 26.9. The molecule has 114 valence electrons. The second-order valence-corrected chi connectivity index (χ2v) is 7.54.